The third-order valence-electron chi connectivity index (χ3n) is 3.93. The molecule has 0 heterocycles. The number of amides is 2. The number of carbonyl (C=O) groups excluding carboxylic acids is 2. The lowest BCUT2D eigenvalue weighted by Gasteiger charge is -2.22. The van der Waals surface area contributed by atoms with Crippen LogP contribution in [0.4, 0.5) is 11.4 Å². The van der Waals surface area contributed by atoms with E-state index in [1.165, 1.54) is 30.0 Å². The van der Waals surface area contributed by atoms with E-state index in [0.29, 0.717) is 5.69 Å². The number of anilines is 2. The molecule has 2 rings (SSSR count). The molecule has 7 nitrogen and oxygen atoms in total. The first-order valence-corrected chi connectivity index (χ1v) is 10.7. The van der Waals surface area contributed by atoms with Gasteiger partial charge in [-0.2, -0.15) is 0 Å². The third-order valence-corrected chi connectivity index (χ3v) is 4.52. The number of aryl methyl sites for hydroxylation is 1. The maximum Gasteiger partial charge on any atom is 0.257 e. The molecule has 0 spiro atoms. The number of rotatable bonds is 7. The van der Waals surface area contributed by atoms with Crippen molar-refractivity contribution >= 4 is 33.2 Å². The molecule has 0 radical (unpaired) electrons. The monoisotopic (exact) mass is 413 g/mol. The van der Waals surface area contributed by atoms with Gasteiger partial charge in [-0.1, -0.05) is 35.7 Å². The standard InChI is InChI=1S/C21H23N3O4S/c1-5-12-24(14-17-8-6-15(2)7-9-17)21(26)19-13-18(22-16(3)25)10-11-20(19)23-29(4,27)28/h1,6-11,13,23H,12,14H2,2-4H3,(H,22,25). The van der Waals surface area contributed by atoms with Crippen LogP contribution in [0.5, 0.6) is 0 Å². The van der Waals surface area contributed by atoms with Gasteiger partial charge in [0.15, 0.2) is 0 Å². The van der Waals surface area contributed by atoms with Crippen LogP contribution in [0.25, 0.3) is 0 Å². The molecule has 0 bridgehead atoms. The molecule has 0 saturated carbocycles. The number of hydrogen-bond acceptors (Lipinski definition) is 4. The maximum absolute atomic E-state index is 13.2. The van der Waals surface area contributed by atoms with Crippen LogP contribution in [-0.4, -0.2) is 37.9 Å². The van der Waals surface area contributed by atoms with Gasteiger partial charge in [0.2, 0.25) is 15.9 Å². The highest BCUT2D eigenvalue weighted by Gasteiger charge is 2.21. The van der Waals surface area contributed by atoms with Gasteiger partial charge >= 0.3 is 0 Å². The maximum atomic E-state index is 13.2. The second kappa shape index (κ2) is 9.26. The molecule has 0 aliphatic heterocycles. The number of sulfonamides is 1. The van der Waals surface area contributed by atoms with Crippen LogP contribution < -0.4 is 10.0 Å². The molecule has 2 aromatic rings. The number of carbonyl (C=O) groups is 2. The molecule has 0 atom stereocenters. The highest BCUT2D eigenvalue weighted by molar-refractivity contribution is 7.92. The van der Waals surface area contributed by atoms with Gasteiger partial charge in [-0.15, -0.1) is 6.42 Å². The average molecular weight is 413 g/mol. The summed E-state index contributed by atoms with van der Waals surface area (Å²) in [6.45, 7) is 3.60. The van der Waals surface area contributed by atoms with Gasteiger partial charge in [-0.3, -0.25) is 14.3 Å². The van der Waals surface area contributed by atoms with Gasteiger partial charge in [0.05, 0.1) is 24.1 Å². The largest absolute Gasteiger partial charge is 0.326 e. The smallest absolute Gasteiger partial charge is 0.257 e. The molecule has 0 fully saturated rings. The molecule has 29 heavy (non-hydrogen) atoms. The lowest BCUT2D eigenvalue weighted by Crippen LogP contribution is -2.32. The summed E-state index contributed by atoms with van der Waals surface area (Å²) < 4.78 is 25.8. The van der Waals surface area contributed by atoms with E-state index in [9.17, 15) is 18.0 Å². The first-order valence-electron chi connectivity index (χ1n) is 8.77. The zero-order valence-corrected chi connectivity index (χ0v) is 17.3. The van der Waals surface area contributed by atoms with Gasteiger partial charge in [-0.25, -0.2) is 8.42 Å². The molecule has 152 valence electrons. The van der Waals surface area contributed by atoms with Crippen molar-refractivity contribution in [1.29, 1.82) is 0 Å². The average Bonchev–Trinajstić information content (AvgIpc) is 2.62. The van der Waals surface area contributed by atoms with Crippen molar-refractivity contribution in [3.8, 4) is 12.3 Å². The molecule has 8 heteroatoms. The summed E-state index contributed by atoms with van der Waals surface area (Å²) in [6.07, 6.45) is 6.44. The van der Waals surface area contributed by atoms with E-state index in [2.05, 4.69) is 16.0 Å². The van der Waals surface area contributed by atoms with E-state index < -0.39 is 15.9 Å². The zero-order valence-electron chi connectivity index (χ0n) is 16.5. The molecule has 2 aromatic carbocycles. The van der Waals surface area contributed by atoms with Gasteiger partial charge in [0.25, 0.3) is 5.91 Å². The highest BCUT2D eigenvalue weighted by atomic mass is 32.2. The second-order valence-electron chi connectivity index (χ2n) is 6.67. The Hall–Kier alpha value is -3.31. The topological polar surface area (TPSA) is 95.6 Å². The SMILES string of the molecule is C#CCN(Cc1ccc(C)cc1)C(=O)c1cc(NC(C)=O)ccc1NS(C)(=O)=O. The van der Waals surface area contributed by atoms with Crippen molar-refractivity contribution in [3.05, 3.63) is 59.2 Å². The minimum Gasteiger partial charge on any atom is -0.326 e. The van der Waals surface area contributed by atoms with Crippen LogP contribution >= 0.6 is 0 Å². The summed E-state index contributed by atoms with van der Waals surface area (Å²) in [5.41, 5.74) is 2.54. The Morgan fingerprint density at radius 3 is 2.34 bits per heavy atom. The quantitative estimate of drug-likeness (QED) is 0.682. The molecule has 0 aliphatic rings. The first-order chi connectivity index (χ1) is 13.6. The Bertz CT molecular complexity index is 1050. The van der Waals surface area contributed by atoms with Crippen molar-refractivity contribution in [2.75, 3.05) is 22.8 Å². The number of benzene rings is 2. The minimum atomic E-state index is -3.62. The summed E-state index contributed by atoms with van der Waals surface area (Å²) in [6, 6.07) is 12.0. The summed E-state index contributed by atoms with van der Waals surface area (Å²) in [7, 11) is -3.62. The van der Waals surface area contributed by atoms with Crippen LogP contribution in [0.3, 0.4) is 0 Å². The van der Waals surface area contributed by atoms with E-state index >= 15 is 0 Å². The Labute approximate surface area is 171 Å². The Morgan fingerprint density at radius 2 is 1.79 bits per heavy atom. The third kappa shape index (κ3) is 6.66. The van der Waals surface area contributed by atoms with Gasteiger partial charge in [0.1, 0.15) is 0 Å². The normalized spacial score (nSPS) is 10.7. The predicted molar refractivity (Wildman–Crippen MR) is 114 cm³/mol. The van der Waals surface area contributed by atoms with E-state index in [0.717, 1.165) is 17.4 Å². The van der Waals surface area contributed by atoms with Gasteiger partial charge < -0.3 is 10.2 Å². The lowest BCUT2D eigenvalue weighted by atomic mass is 10.1. The minimum absolute atomic E-state index is 0.0371. The fourth-order valence-electron chi connectivity index (χ4n) is 2.68. The number of terminal acetylenes is 1. The molecule has 0 aliphatic carbocycles. The highest BCUT2D eigenvalue weighted by Crippen LogP contribution is 2.24. The molecular weight excluding hydrogens is 390 g/mol. The van der Waals surface area contributed by atoms with Gasteiger partial charge in [-0.05, 0) is 30.7 Å². The van der Waals surface area contributed by atoms with Crippen molar-refractivity contribution in [2.24, 2.45) is 0 Å². The fourth-order valence-corrected chi connectivity index (χ4v) is 3.26. The van der Waals surface area contributed by atoms with Crippen LogP contribution in [0.1, 0.15) is 28.4 Å². The van der Waals surface area contributed by atoms with Crippen molar-refractivity contribution in [1.82, 2.24) is 4.90 Å². The number of hydrogen-bond donors (Lipinski definition) is 2. The van der Waals surface area contributed by atoms with Crippen molar-refractivity contribution < 1.29 is 18.0 Å². The summed E-state index contributed by atoms with van der Waals surface area (Å²) in [5, 5.41) is 2.59. The number of nitrogens with one attached hydrogen (secondary N) is 2. The van der Waals surface area contributed by atoms with E-state index in [1.54, 1.807) is 0 Å². The van der Waals surface area contributed by atoms with Crippen LogP contribution in [0.2, 0.25) is 0 Å². The molecule has 0 saturated heterocycles. The van der Waals surface area contributed by atoms with E-state index in [4.69, 9.17) is 6.42 Å². The van der Waals surface area contributed by atoms with Crippen molar-refractivity contribution in [2.45, 2.75) is 20.4 Å². The summed E-state index contributed by atoms with van der Waals surface area (Å²) >= 11 is 0. The number of nitrogens with zero attached hydrogens (tertiary/aromatic N) is 1. The van der Waals surface area contributed by atoms with Crippen LogP contribution in [-0.2, 0) is 21.4 Å². The Morgan fingerprint density at radius 1 is 1.14 bits per heavy atom. The van der Waals surface area contributed by atoms with Crippen LogP contribution in [0.15, 0.2) is 42.5 Å². The van der Waals surface area contributed by atoms with E-state index in [-0.39, 0.29) is 30.2 Å². The molecular formula is C21H23N3O4S. The molecule has 0 unspecified atom stereocenters. The molecule has 0 aromatic heterocycles. The van der Waals surface area contributed by atoms with Gasteiger partial charge in [0, 0.05) is 19.2 Å². The fraction of sp³-hybridized carbons (Fsp3) is 0.238. The summed E-state index contributed by atoms with van der Waals surface area (Å²) in [5.74, 6) is 1.69. The van der Waals surface area contributed by atoms with E-state index in [1.807, 2.05) is 31.2 Å². The zero-order chi connectivity index (χ0) is 21.6. The summed E-state index contributed by atoms with van der Waals surface area (Å²) in [4.78, 5) is 26.0. The molecule has 2 N–H and O–H groups in total. The second-order valence-corrected chi connectivity index (χ2v) is 8.42. The van der Waals surface area contributed by atoms with Crippen LogP contribution in [0, 0.1) is 19.3 Å². The molecule has 2 amide bonds. The predicted octanol–water partition coefficient (Wildman–Crippen LogP) is 2.60. The Kier molecular flexibility index (Phi) is 7.02. The Balaban J connectivity index is 2.44. The lowest BCUT2D eigenvalue weighted by molar-refractivity contribution is -0.114. The first kappa shape index (κ1) is 22.0. The van der Waals surface area contributed by atoms with Crippen molar-refractivity contribution in [3.63, 3.8) is 0 Å².